The van der Waals surface area contributed by atoms with E-state index in [1.807, 2.05) is 42.8 Å². The third-order valence-electron chi connectivity index (χ3n) is 15.9. The summed E-state index contributed by atoms with van der Waals surface area (Å²) in [6.45, 7) is 8.25. The Morgan fingerprint density at radius 1 is 0.826 bits per heavy atom. The van der Waals surface area contributed by atoms with Crippen molar-refractivity contribution in [2.45, 2.75) is 121 Å². The summed E-state index contributed by atoms with van der Waals surface area (Å²) < 4.78 is 21.7. The van der Waals surface area contributed by atoms with E-state index in [0.717, 1.165) is 95.0 Å². The topological polar surface area (TPSA) is 193 Å². The van der Waals surface area contributed by atoms with Gasteiger partial charge in [-0.05, 0) is 110 Å². The number of methoxy groups -OCH3 is 2. The highest BCUT2D eigenvalue weighted by Crippen LogP contribution is 2.49. The zero-order valence-electron chi connectivity index (χ0n) is 40.4. The predicted molar refractivity (Wildman–Crippen MR) is 260 cm³/mol. The molecule has 5 fully saturated rings. The third kappa shape index (κ3) is 9.17. The van der Waals surface area contributed by atoms with Crippen molar-refractivity contribution in [1.29, 1.82) is 0 Å². The Bertz CT molecular complexity index is 2690. The van der Waals surface area contributed by atoms with Crippen molar-refractivity contribution < 1.29 is 38.1 Å². The normalized spacial score (nSPS) is 26.8. The molecule has 6 heterocycles. The van der Waals surface area contributed by atoms with E-state index in [4.69, 9.17) is 28.9 Å². The van der Waals surface area contributed by atoms with Gasteiger partial charge in [-0.2, -0.15) is 0 Å². The Kier molecular flexibility index (Phi) is 13.1. The van der Waals surface area contributed by atoms with Crippen LogP contribution in [0.1, 0.15) is 109 Å². The highest BCUT2D eigenvalue weighted by atomic mass is 16.5. The van der Waals surface area contributed by atoms with Crippen molar-refractivity contribution in [3.05, 3.63) is 72.4 Å². The van der Waals surface area contributed by atoms with Gasteiger partial charge in [0.1, 0.15) is 23.7 Å². The molecule has 0 bridgehead atoms. The molecule has 5 aromatic rings. The number of nitrogens with one attached hydrogen (secondary N) is 4. The number of hydrogen-bond acceptors (Lipinski definition) is 10. The van der Waals surface area contributed by atoms with E-state index >= 15 is 0 Å². The Labute approximate surface area is 403 Å². The second-order valence-corrected chi connectivity index (χ2v) is 20.7. The van der Waals surface area contributed by atoms with E-state index in [-0.39, 0.29) is 53.3 Å². The SMILES string of the molecule is COC(=O)N[C@H](C(=O)N1[C@H](c2nc3ccc4cc(-c5ccc(-c6cnc([C@@H]7C[C@@]8(CCCOC8)CN7C(=O)[C@@H](NC(=O)OC)C7CCO[C@@H](C)C7)[nH]6)cc5)ccc4c3[nH]2)C[C@@H]2CCCC[C@@H]21)C(C)C. The van der Waals surface area contributed by atoms with Crippen LogP contribution >= 0.6 is 0 Å². The number of carbonyl (C=O) groups is 4. The van der Waals surface area contributed by atoms with Gasteiger partial charge in [-0.25, -0.2) is 19.6 Å². The molecule has 3 aromatic carbocycles. The molecule has 5 aliphatic rings. The number of nitrogens with zero attached hydrogens (tertiary/aromatic N) is 4. The molecule has 2 aromatic heterocycles. The summed E-state index contributed by atoms with van der Waals surface area (Å²) in [5, 5.41) is 7.84. The molecule has 10 rings (SSSR count). The molecule has 1 spiro atoms. The van der Waals surface area contributed by atoms with Crippen molar-refractivity contribution >= 4 is 45.8 Å². The number of ether oxygens (including phenoxy) is 4. The van der Waals surface area contributed by atoms with E-state index in [9.17, 15) is 19.2 Å². The van der Waals surface area contributed by atoms with Crippen LogP contribution in [0.3, 0.4) is 0 Å². The molecule has 4 aliphatic heterocycles. The van der Waals surface area contributed by atoms with Crippen molar-refractivity contribution in [1.82, 2.24) is 40.4 Å². The van der Waals surface area contributed by atoms with Gasteiger partial charge in [-0.15, -0.1) is 0 Å². The van der Waals surface area contributed by atoms with Crippen LogP contribution in [-0.4, -0.2) is 119 Å². The zero-order valence-corrected chi connectivity index (χ0v) is 40.4. The van der Waals surface area contributed by atoms with Crippen LogP contribution in [0.15, 0.2) is 60.8 Å². The second kappa shape index (κ2) is 19.4. The van der Waals surface area contributed by atoms with Gasteiger partial charge in [0.05, 0.1) is 61.9 Å². The first-order chi connectivity index (χ1) is 33.4. The van der Waals surface area contributed by atoms with Gasteiger partial charge in [0.15, 0.2) is 0 Å². The maximum atomic E-state index is 14.7. The summed E-state index contributed by atoms with van der Waals surface area (Å²) in [6.07, 6.45) is 9.59. The van der Waals surface area contributed by atoms with Crippen LogP contribution in [0.2, 0.25) is 0 Å². The van der Waals surface area contributed by atoms with Crippen molar-refractivity contribution in [2.75, 3.05) is 40.6 Å². The third-order valence-corrected chi connectivity index (χ3v) is 15.9. The highest BCUT2D eigenvalue weighted by Gasteiger charge is 2.51. The minimum Gasteiger partial charge on any atom is -0.453 e. The van der Waals surface area contributed by atoms with E-state index in [2.05, 4.69) is 69.1 Å². The van der Waals surface area contributed by atoms with Gasteiger partial charge < -0.3 is 49.3 Å². The first kappa shape index (κ1) is 46.7. The molecule has 1 saturated carbocycles. The van der Waals surface area contributed by atoms with Gasteiger partial charge in [-0.3, -0.25) is 9.59 Å². The number of likely N-dealkylation sites (tertiary alicyclic amines) is 2. The van der Waals surface area contributed by atoms with Crippen LogP contribution in [0.4, 0.5) is 9.59 Å². The number of rotatable bonds is 10. The number of aromatic amines is 2. The van der Waals surface area contributed by atoms with E-state index in [1.165, 1.54) is 14.2 Å². The van der Waals surface area contributed by atoms with Crippen LogP contribution in [0.25, 0.3) is 44.2 Å². The number of carbonyl (C=O) groups excluding carboxylic acids is 4. The fourth-order valence-electron chi connectivity index (χ4n) is 12.4. The first-order valence-corrected chi connectivity index (χ1v) is 25.0. The Morgan fingerprint density at radius 2 is 1.59 bits per heavy atom. The molecule has 0 radical (unpaired) electrons. The number of aromatic nitrogens is 4. The lowest BCUT2D eigenvalue weighted by atomic mass is 9.80. The number of H-pyrrole nitrogens is 2. The van der Waals surface area contributed by atoms with Gasteiger partial charge in [0.25, 0.3) is 0 Å². The van der Waals surface area contributed by atoms with E-state index in [1.54, 1.807) is 0 Å². The monoisotopic (exact) mass is 943 g/mol. The van der Waals surface area contributed by atoms with Gasteiger partial charge in [0, 0.05) is 36.6 Å². The fourth-order valence-corrected chi connectivity index (χ4v) is 12.4. The van der Waals surface area contributed by atoms with Gasteiger partial charge in [-0.1, -0.05) is 69.2 Å². The average molecular weight is 943 g/mol. The van der Waals surface area contributed by atoms with Crippen LogP contribution in [-0.2, 0) is 28.5 Å². The van der Waals surface area contributed by atoms with E-state index < -0.39 is 24.3 Å². The second-order valence-electron chi connectivity index (χ2n) is 20.7. The highest BCUT2D eigenvalue weighted by molar-refractivity contribution is 6.05. The lowest BCUT2D eigenvalue weighted by Gasteiger charge is -2.37. The minimum absolute atomic E-state index is 0.0177. The molecular formula is C53H66N8O8. The Hall–Kier alpha value is -6.00. The van der Waals surface area contributed by atoms with Crippen LogP contribution in [0.5, 0.6) is 0 Å². The maximum Gasteiger partial charge on any atom is 0.407 e. The van der Waals surface area contributed by atoms with Gasteiger partial charge in [0.2, 0.25) is 11.8 Å². The molecule has 16 heteroatoms. The Balaban J connectivity index is 0.888. The summed E-state index contributed by atoms with van der Waals surface area (Å²) in [7, 11) is 2.64. The summed E-state index contributed by atoms with van der Waals surface area (Å²) in [4.78, 5) is 75.4. The molecular weight excluding hydrogens is 877 g/mol. The molecule has 1 aliphatic carbocycles. The summed E-state index contributed by atoms with van der Waals surface area (Å²) in [5.74, 6) is 1.45. The number of amides is 4. The molecule has 1 unspecified atom stereocenters. The number of hydrogen-bond donors (Lipinski definition) is 4. The Morgan fingerprint density at radius 3 is 2.35 bits per heavy atom. The number of imidazole rings is 2. The number of benzene rings is 3. The molecule has 4 amide bonds. The van der Waals surface area contributed by atoms with Crippen molar-refractivity contribution in [2.24, 2.45) is 23.2 Å². The van der Waals surface area contributed by atoms with Crippen molar-refractivity contribution in [3.8, 4) is 22.4 Å². The summed E-state index contributed by atoms with van der Waals surface area (Å²) >= 11 is 0. The molecule has 9 atom stereocenters. The minimum atomic E-state index is -0.752. The molecule has 16 nitrogen and oxygen atoms in total. The fraction of sp³-hybridized carbons (Fsp3) is 0.547. The number of fused-ring (bicyclic) bond motifs is 4. The zero-order chi connectivity index (χ0) is 48.0. The molecule has 366 valence electrons. The lowest BCUT2D eigenvalue weighted by Crippen LogP contribution is -2.54. The number of alkyl carbamates (subject to hydrolysis) is 2. The summed E-state index contributed by atoms with van der Waals surface area (Å²) in [6, 6.07) is 17.1. The largest absolute Gasteiger partial charge is 0.453 e. The molecule has 69 heavy (non-hydrogen) atoms. The average Bonchev–Trinajstić information content (AvgIpc) is 4.19. The molecule has 4 saturated heterocycles. The smallest absolute Gasteiger partial charge is 0.407 e. The quantitative estimate of drug-likeness (QED) is 0.105. The summed E-state index contributed by atoms with van der Waals surface area (Å²) in [5.41, 5.74) is 5.54. The van der Waals surface area contributed by atoms with Crippen LogP contribution < -0.4 is 10.6 Å². The van der Waals surface area contributed by atoms with Crippen molar-refractivity contribution in [3.63, 3.8) is 0 Å². The lowest BCUT2D eigenvalue weighted by molar-refractivity contribution is -0.139. The maximum absolute atomic E-state index is 14.7. The standard InChI is InChI=1S/C53H66N8O8/c1-30(2)44(58-51(64)66-4)50(63)61-41-10-7-6-9-36(41)25-42(61)48-55-39-18-16-35-24-34(15-17-38(35)46(39)57-48)32-11-13-33(14-12-32)40-27-54-47(56-40)43-26-53(20-8-21-68-29-53)28-60(43)49(62)45(59-52(65)67-5)37-19-22-69-31(3)23-37/h11-18,24,27,30-31,36-37,41-45H,6-10,19-23,25-26,28-29H2,1-5H3,(H,54,56)(H,55,57)(H,58,64)(H,59,65)/t31-,36-,37?,41-,42-,43-,44-,45-,53-/m0/s1. The van der Waals surface area contributed by atoms with Crippen LogP contribution in [0, 0.1) is 23.2 Å². The predicted octanol–water partition coefficient (Wildman–Crippen LogP) is 8.60. The van der Waals surface area contributed by atoms with Gasteiger partial charge >= 0.3 is 12.2 Å². The molecule has 4 N–H and O–H groups in total. The first-order valence-electron chi connectivity index (χ1n) is 25.0. The van der Waals surface area contributed by atoms with E-state index in [0.29, 0.717) is 57.4 Å².